The largest absolute Gasteiger partial charge is 0.336 e. The Balaban J connectivity index is 1.69. The number of piperazine rings is 1. The zero-order valence-corrected chi connectivity index (χ0v) is 15.4. The second-order valence-electron chi connectivity index (χ2n) is 6.02. The van der Waals surface area contributed by atoms with Gasteiger partial charge in [-0.1, -0.05) is 29.3 Å². The van der Waals surface area contributed by atoms with E-state index in [0.29, 0.717) is 23.7 Å². The number of sulfonamides is 1. The van der Waals surface area contributed by atoms with E-state index in [4.69, 9.17) is 11.6 Å². The molecule has 25 heavy (non-hydrogen) atoms. The summed E-state index contributed by atoms with van der Waals surface area (Å²) in [6.45, 7) is 3.25. The number of hydrogen-bond acceptors (Lipinski definition) is 3. The van der Waals surface area contributed by atoms with E-state index in [1.165, 1.54) is 16.4 Å². The second-order valence-corrected chi connectivity index (χ2v) is 8.39. The van der Waals surface area contributed by atoms with Crippen molar-refractivity contribution in [1.82, 2.24) is 9.21 Å². The van der Waals surface area contributed by atoms with E-state index in [9.17, 15) is 13.2 Å². The van der Waals surface area contributed by atoms with Crippen molar-refractivity contribution in [3.8, 4) is 0 Å². The van der Waals surface area contributed by atoms with Crippen LogP contribution in [0, 0.1) is 6.92 Å². The van der Waals surface area contributed by atoms with Crippen LogP contribution in [-0.4, -0.2) is 49.7 Å². The number of hydrogen-bond donors (Lipinski definition) is 0. The number of benzene rings is 2. The lowest BCUT2D eigenvalue weighted by Gasteiger charge is -2.34. The molecule has 0 aliphatic carbocycles. The van der Waals surface area contributed by atoms with Gasteiger partial charge in [0.05, 0.1) is 4.90 Å². The molecule has 7 heteroatoms. The Labute approximate surface area is 152 Å². The van der Waals surface area contributed by atoms with E-state index in [-0.39, 0.29) is 23.9 Å². The van der Waals surface area contributed by atoms with Crippen LogP contribution in [0.4, 0.5) is 0 Å². The van der Waals surface area contributed by atoms with Gasteiger partial charge in [-0.25, -0.2) is 8.42 Å². The normalized spacial score (nSPS) is 16.0. The smallest absolute Gasteiger partial charge is 0.253 e. The minimum atomic E-state index is -3.56. The Bertz CT molecular complexity index is 873. The lowest BCUT2D eigenvalue weighted by Crippen LogP contribution is -2.50. The summed E-state index contributed by atoms with van der Waals surface area (Å²) >= 11 is 5.82. The zero-order chi connectivity index (χ0) is 18.0. The first kappa shape index (κ1) is 17.9. The van der Waals surface area contributed by atoms with Crippen LogP contribution in [-0.2, 0) is 10.0 Å². The Morgan fingerprint density at radius 2 is 1.64 bits per heavy atom. The third-order valence-corrected chi connectivity index (χ3v) is 6.41. The molecule has 1 amide bonds. The van der Waals surface area contributed by atoms with Crippen LogP contribution in [0.2, 0.25) is 5.02 Å². The average molecular weight is 379 g/mol. The standard InChI is InChI=1S/C18H19ClN2O3S/c1-14-3-2-4-15(13-14)18(22)20-9-11-21(12-10-20)25(23,24)17-7-5-16(19)6-8-17/h2-8,13H,9-12H2,1H3. The van der Waals surface area contributed by atoms with Crippen molar-refractivity contribution in [3.05, 3.63) is 64.7 Å². The molecule has 0 spiro atoms. The van der Waals surface area contributed by atoms with Crippen molar-refractivity contribution in [2.24, 2.45) is 0 Å². The first-order valence-corrected chi connectivity index (χ1v) is 9.81. The summed E-state index contributed by atoms with van der Waals surface area (Å²) in [4.78, 5) is 14.5. The number of halogens is 1. The lowest BCUT2D eigenvalue weighted by atomic mass is 10.1. The molecular weight excluding hydrogens is 360 g/mol. The summed E-state index contributed by atoms with van der Waals surface area (Å²) in [5.74, 6) is -0.0627. The molecule has 0 radical (unpaired) electrons. The predicted octanol–water partition coefficient (Wildman–Crippen LogP) is 2.80. The van der Waals surface area contributed by atoms with E-state index >= 15 is 0 Å². The number of carbonyl (C=O) groups is 1. The van der Waals surface area contributed by atoms with Gasteiger partial charge >= 0.3 is 0 Å². The Morgan fingerprint density at radius 1 is 1.00 bits per heavy atom. The summed E-state index contributed by atoms with van der Waals surface area (Å²) in [5.41, 5.74) is 1.66. The molecular formula is C18H19ClN2O3S. The number of rotatable bonds is 3. The minimum Gasteiger partial charge on any atom is -0.336 e. The van der Waals surface area contributed by atoms with E-state index in [1.54, 1.807) is 23.1 Å². The molecule has 1 aliphatic rings. The molecule has 0 atom stereocenters. The van der Waals surface area contributed by atoms with Gasteiger partial charge in [0.25, 0.3) is 5.91 Å². The maximum atomic E-state index is 12.7. The fourth-order valence-electron chi connectivity index (χ4n) is 2.85. The highest BCUT2D eigenvalue weighted by Gasteiger charge is 2.30. The van der Waals surface area contributed by atoms with Crippen LogP contribution >= 0.6 is 11.6 Å². The molecule has 3 rings (SSSR count). The van der Waals surface area contributed by atoms with Crippen molar-refractivity contribution in [3.63, 3.8) is 0 Å². The quantitative estimate of drug-likeness (QED) is 0.825. The van der Waals surface area contributed by atoms with Crippen molar-refractivity contribution in [1.29, 1.82) is 0 Å². The van der Waals surface area contributed by atoms with Crippen LogP contribution in [0.15, 0.2) is 53.4 Å². The van der Waals surface area contributed by atoms with Gasteiger partial charge in [-0.15, -0.1) is 0 Å². The summed E-state index contributed by atoms with van der Waals surface area (Å²) < 4.78 is 26.8. The Morgan fingerprint density at radius 3 is 2.24 bits per heavy atom. The van der Waals surface area contributed by atoms with Crippen molar-refractivity contribution >= 4 is 27.5 Å². The van der Waals surface area contributed by atoms with Crippen LogP contribution in [0.5, 0.6) is 0 Å². The molecule has 1 aliphatic heterocycles. The summed E-state index contributed by atoms with van der Waals surface area (Å²) in [7, 11) is -3.56. The summed E-state index contributed by atoms with van der Waals surface area (Å²) in [6.07, 6.45) is 0. The molecule has 1 saturated heterocycles. The average Bonchev–Trinajstić information content (AvgIpc) is 2.61. The number of nitrogens with zero attached hydrogens (tertiary/aromatic N) is 2. The lowest BCUT2D eigenvalue weighted by molar-refractivity contribution is 0.0698. The third kappa shape index (κ3) is 3.86. The van der Waals surface area contributed by atoms with Crippen LogP contribution < -0.4 is 0 Å². The molecule has 2 aromatic rings. The van der Waals surface area contributed by atoms with Gasteiger partial charge in [-0.2, -0.15) is 4.31 Å². The maximum absolute atomic E-state index is 12.7. The predicted molar refractivity (Wildman–Crippen MR) is 97.3 cm³/mol. The fourth-order valence-corrected chi connectivity index (χ4v) is 4.40. The first-order valence-electron chi connectivity index (χ1n) is 7.99. The monoisotopic (exact) mass is 378 g/mol. The van der Waals surface area contributed by atoms with Crippen LogP contribution in [0.25, 0.3) is 0 Å². The fraction of sp³-hybridized carbons (Fsp3) is 0.278. The van der Waals surface area contributed by atoms with E-state index in [0.717, 1.165) is 5.56 Å². The number of amides is 1. The molecule has 132 valence electrons. The van der Waals surface area contributed by atoms with Crippen LogP contribution in [0.3, 0.4) is 0 Å². The third-order valence-electron chi connectivity index (χ3n) is 4.24. The highest BCUT2D eigenvalue weighted by atomic mass is 35.5. The maximum Gasteiger partial charge on any atom is 0.253 e. The van der Waals surface area contributed by atoms with Crippen LogP contribution in [0.1, 0.15) is 15.9 Å². The summed E-state index contributed by atoms with van der Waals surface area (Å²) in [5, 5.41) is 0.493. The van der Waals surface area contributed by atoms with Gasteiger partial charge < -0.3 is 4.90 Å². The van der Waals surface area contributed by atoms with Crippen molar-refractivity contribution < 1.29 is 13.2 Å². The number of aryl methyl sites for hydroxylation is 1. The van der Waals surface area contributed by atoms with E-state index < -0.39 is 10.0 Å². The molecule has 2 aromatic carbocycles. The molecule has 1 fully saturated rings. The topological polar surface area (TPSA) is 57.7 Å². The van der Waals surface area contributed by atoms with Gasteiger partial charge in [-0.05, 0) is 43.3 Å². The van der Waals surface area contributed by atoms with Gasteiger partial charge in [0.15, 0.2) is 0 Å². The highest BCUT2D eigenvalue weighted by Crippen LogP contribution is 2.20. The summed E-state index contributed by atoms with van der Waals surface area (Å²) in [6, 6.07) is 13.5. The molecule has 0 N–H and O–H groups in total. The molecule has 0 bridgehead atoms. The number of carbonyl (C=O) groups excluding carboxylic acids is 1. The molecule has 0 aromatic heterocycles. The van der Waals surface area contributed by atoms with E-state index in [2.05, 4.69) is 0 Å². The zero-order valence-electron chi connectivity index (χ0n) is 13.9. The van der Waals surface area contributed by atoms with Gasteiger partial charge in [0.1, 0.15) is 0 Å². The molecule has 0 saturated carbocycles. The molecule has 0 unspecified atom stereocenters. The minimum absolute atomic E-state index is 0.0627. The van der Waals surface area contributed by atoms with Gasteiger partial charge in [0.2, 0.25) is 10.0 Å². The van der Waals surface area contributed by atoms with Crippen molar-refractivity contribution in [2.75, 3.05) is 26.2 Å². The Hall–Kier alpha value is -1.89. The second kappa shape index (κ2) is 7.15. The first-order chi connectivity index (χ1) is 11.9. The SMILES string of the molecule is Cc1cccc(C(=O)N2CCN(S(=O)(=O)c3ccc(Cl)cc3)CC2)c1. The van der Waals surface area contributed by atoms with E-state index in [1.807, 2.05) is 25.1 Å². The van der Waals surface area contributed by atoms with Crippen molar-refractivity contribution in [2.45, 2.75) is 11.8 Å². The highest BCUT2D eigenvalue weighted by molar-refractivity contribution is 7.89. The molecule has 5 nitrogen and oxygen atoms in total. The Kier molecular flexibility index (Phi) is 5.13. The molecule has 1 heterocycles. The van der Waals surface area contributed by atoms with Gasteiger partial charge in [-0.3, -0.25) is 4.79 Å². The van der Waals surface area contributed by atoms with Gasteiger partial charge in [0, 0.05) is 36.8 Å².